The zero-order chi connectivity index (χ0) is 21.1. The Hall–Kier alpha value is -2.38. The lowest BCUT2D eigenvalue weighted by Gasteiger charge is -2.35. The second kappa shape index (κ2) is 9.18. The van der Waals surface area contributed by atoms with Crippen LogP contribution in [0.1, 0.15) is 34.1 Å². The summed E-state index contributed by atoms with van der Waals surface area (Å²) < 4.78 is 5.01. The molecule has 2 heterocycles. The van der Waals surface area contributed by atoms with E-state index in [1.165, 1.54) is 29.0 Å². The number of nitrogens with one attached hydrogen (secondary N) is 1. The van der Waals surface area contributed by atoms with Crippen molar-refractivity contribution >= 4 is 33.9 Å². The number of fused-ring (bicyclic) bond motifs is 1. The minimum absolute atomic E-state index is 0.0695. The molecule has 0 unspecified atom stereocenters. The van der Waals surface area contributed by atoms with Gasteiger partial charge in [-0.25, -0.2) is 4.79 Å². The Morgan fingerprint density at radius 3 is 2.60 bits per heavy atom. The molecule has 1 aliphatic carbocycles. The molecule has 0 radical (unpaired) electrons. The Labute approximate surface area is 181 Å². The van der Waals surface area contributed by atoms with Gasteiger partial charge in [0.25, 0.3) is 0 Å². The lowest BCUT2D eigenvalue weighted by Crippen LogP contribution is -2.48. The molecular weight excluding hydrogens is 398 g/mol. The van der Waals surface area contributed by atoms with Gasteiger partial charge in [-0.2, -0.15) is 0 Å². The van der Waals surface area contributed by atoms with Gasteiger partial charge in [0.2, 0.25) is 5.91 Å². The third-order valence-electron chi connectivity index (χ3n) is 6.01. The van der Waals surface area contributed by atoms with Gasteiger partial charge in [0, 0.05) is 36.7 Å². The highest BCUT2D eigenvalue weighted by atomic mass is 32.1. The smallest absolute Gasteiger partial charge is 0.341 e. The predicted octanol–water partition coefficient (Wildman–Crippen LogP) is 3.42. The number of nitrogens with zero attached hydrogens (tertiary/aromatic N) is 2. The molecule has 1 fully saturated rings. The largest absolute Gasteiger partial charge is 0.465 e. The highest BCUT2D eigenvalue weighted by Gasteiger charge is 2.29. The second-order valence-electron chi connectivity index (χ2n) is 8.19. The van der Waals surface area contributed by atoms with Crippen LogP contribution in [-0.2, 0) is 22.4 Å². The first kappa shape index (κ1) is 20.9. The Morgan fingerprint density at radius 2 is 1.90 bits per heavy atom. The zero-order valence-corrected chi connectivity index (χ0v) is 18.5. The maximum absolute atomic E-state index is 12.8. The number of hydrogen-bond donors (Lipinski definition) is 1. The van der Waals surface area contributed by atoms with Crippen molar-refractivity contribution in [2.45, 2.75) is 26.2 Å². The van der Waals surface area contributed by atoms with Gasteiger partial charge in [-0.05, 0) is 42.9 Å². The number of ether oxygens (including phenoxy) is 1. The van der Waals surface area contributed by atoms with Crippen LogP contribution in [0.2, 0.25) is 0 Å². The van der Waals surface area contributed by atoms with Crippen molar-refractivity contribution in [2.75, 3.05) is 50.1 Å². The molecule has 2 aromatic rings. The van der Waals surface area contributed by atoms with Crippen LogP contribution >= 0.6 is 11.3 Å². The molecule has 160 valence electrons. The molecule has 0 saturated carbocycles. The summed E-state index contributed by atoms with van der Waals surface area (Å²) in [5.74, 6) is 0.180. The van der Waals surface area contributed by atoms with Gasteiger partial charge in [-0.1, -0.05) is 25.1 Å². The summed E-state index contributed by atoms with van der Waals surface area (Å²) in [4.78, 5) is 30.9. The molecule has 1 atom stereocenters. The Morgan fingerprint density at radius 1 is 1.17 bits per heavy atom. The predicted molar refractivity (Wildman–Crippen MR) is 121 cm³/mol. The molecule has 0 spiro atoms. The van der Waals surface area contributed by atoms with Crippen molar-refractivity contribution in [3.05, 3.63) is 46.3 Å². The van der Waals surface area contributed by atoms with Gasteiger partial charge in [-0.15, -0.1) is 11.3 Å². The average Bonchev–Trinajstić information content (AvgIpc) is 3.10. The molecule has 2 aliphatic rings. The van der Waals surface area contributed by atoms with E-state index in [0.717, 1.165) is 51.0 Å². The van der Waals surface area contributed by atoms with E-state index in [0.29, 0.717) is 23.0 Å². The van der Waals surface area contributed by atoms with E-state index in [1.807, 2.05) is 6.07 Å². The van der Waals surface area contributed by atoms with Crippen molar-refractivity contribution in [3.8, 4) is 0 Å². The van der Waals surface area contributed by atoms with E-state index in [4.69, 9.17) is 4.74 Å². The van der Waals surface area contributed by atoms with Crippen LogP contribution in [0, 0.1) is 5.92 Å². The standard InChI is InChI=1S/C23H29N3O3S/c1-16-8-9-18-19(14-16)30-22(21(18)23(28)29-2)24-20(27)15-25-10-12-26(13-11-25)17-6-4-3-5-7-17/h3-7,16H,8-15H2,1-2H3,(H,24,27)/t16-/m1/s1. The number of anilines is 2. The summed E-state index contributed by atoms with van der Waals surface area (Å²) >= 11 is 1.54. The van der Waals surface area contributed by atoms with E-state index in [9.17, 15) is 9.59 Å². The molecule has 1 aromatic heterocycles. The number of hydrogen-bond acceptors (Lipinski definition) is 6. The lowest BCUT2D eigenvalue weighted by atomic mass is 9.88. The van der Waals surface area contributed by atoms with Crippen LogP contribution < -0.4 is 10.2 Å². The number of rotatable bonds is 5. The first-order valence-electron chi connectivity index (χ1n) is 10.6. The van der Waals surface area contributed by atoms with Crippen LogP contribution in [0.25, 0.3) is 0 Å². The number of carbonyl (C=O) groups is 2. The Balaban J connectivity index is 1.38. The molecule has 1 saturated heterocycles. The topological polar surface area (TPSA) is 61.9 Å². The van der Waals surface area contributed by atoms with Crippen molar-refractivity contribution in [2.24, 2.45) is 5.92 Å². The van der Waals surface area contributed by atoms with Gasteiger partial charge < -0.3 is 15.0 Å². The first-order chi connectivity index (χ1) is 14.5. The van der Waals surface area contributed by atoms with E-state index in [-0.39, 0.29) is 11.9 Å². The summed E-state index contributed by atoms with van der Waals surface area (Å²) in [6.45, 7) is 6.04. The zero-order valence-electron chi connectivity index (χ0n) is 17.6. The van der Waals surface area contributed by atoms with Gasteiger partial charge in [0.1, 0.15) is 5.00 Å². The van der Waals surface area contributed by atoms with Crippen LogP contribution in [0.5, 0.6) is 0 Å². The third kappa shape index (κ3) is 4.52. The molecule has 6 nitrogen and oxygen atoms in total. The van der Waals surface area contributed by atoms with Crippen LogP contribution in [0.15, 0.2) is 30.3 Å². The summed E-state index contributed by atoms with van der Waals surface area (Å²) in [7, 11) is 1.40. The van der Waals surface area contributed by atoms with E-state index < -0.39 is 0 Å². The molecular formula is C23H29N3O3S. The minimum Gasteiger partial charge on any atom is -0.465 e. The van der Waals surface area contributed by atoms with Crippen LogP contribution in [0.3, 0.4) is 0 Å². The fourth-order valence-corrected chi connectivity index (χ4v) is 5.74. The normalized spacial score (nSPS) is 19.3. The quantitative estimate of drug-likeness (QED) is 0.741. The Bertz CT molecular complexity index is 904. The number of thiophene rings is 1. The number of para-hydroxylation sites is 1. The van der Waals surface area contributed by atoms with E-state index >= 15 is 0 Å². The summed E-state index contributed by atoms with van der Waals surface area (Å²) in [5, 5.41) is 3.66. The average molecular weight is 428 g/mol. The Kier molecular flexibility index (Phi) is 6.39. The highest BCUT2D eigenvalue weighted by molar-refractivity contribution is 7.17. The molecule has 4 rings (SSSR count). The minimum atomic E-state index is -0.353. The van der Waals surface area contributed by atoms with Gasteiger partial charge in [-0.3, -0.25) is 9.69 Å². The van der Waals surface area contributed by atoms with Gasteiger partial charge in [0.15, 0.2) is 0 Å². The number of carbonyl (C=O) groups excluding carboxylic acids is 2. The fraction of sp³-hybridized carbons (Fsp3) is 0.478. The van der Waals surface area contributed by atoms with Crippen molar-refractivity contribution in [1.82, 2.24) is 4.90 Å². The molecule has 1 N–H and O–H groups in total. The van der Waals surface area contributed by atoms with Crippen molar-refractivity contribution < 1.29 is 14.3 Å². The SMILES string of the molecule is COC(=O)c1c(NC(=O)CN2CCN(c3ccccc3)CC2)sc2c1CC[C@@H](C)C2. The highest BCUT2D eigenvalue weighted by Crippen LogP contribution is 2.40. The number of methoxy groups -OCH3 is 1. The number of benzene rings is 1. The van der Waals surface area contributed by atoms with E-state index in [1.54, 1.807) is 0 Å². The first-order valence-corrected chi connectivity index (χ1v) is 11.4. The van der Waals surface area contributed by atoms with Gasteiger partial charge in [0.05, 0.1) is 19.2 Å². The third-order valence-corrected chi connectivity index (χ3v) is 7.18. The summed E-state index contributed by atoms with van der Waals surface area (Å²) in [6, 6.07) is 10.4. The van der Waals surface area contributed by atoms with E-state index in [2.05, 4.69) is 46.3 Å². The van der Waals surface area contributed by atoms with Crippen LogP contribution in [-0.4, -0.2) is 56.6 Å². The lowest BCUT2D eigenvalue weighted by molar-refractivity contribution is -0.117. The molecule has 1 aliphatic heterocycles. The molecule has 0 bridgehead atoms. The molecule has 30 heavy (non-hydrogen) atoms. The fourth-order valence-electron chi connectivity index (χ4n) is 4.33. The molecule has 7 heteroatoms. The summed E-state index contributed by atoms with van der Waals surface area (Å²) in [6.07, 6.45) is 2.89. The number of amides is 1. The van der Waals surface area contributed by atoms with Crippen LogP contribution in [0.4, 0.5) is 10.7 Å². The maximum Gasteiger partial charge on any atom is 0.341 e. The monoisotopic (exact) mass is 427 g/mol. The summed E-state index contributed by atoms with van der Waals surface area (Å²) in [5.41, 5.74) is 2.85. The van der Waals surface area contributed by atoms with Crippen molar-refractivity contribution in [1.29, 1.82) is 0 Å². The van der Waals surface area contributed by atoms with Gasteiger partial charge >= 0.3 is 5.97 Å². The molecule has 1 aromatic carbocycles. The number of esters is 1. The second-order valence-corrected chi connectivity index (χ2v) is 9.30. The molecule has 1 amide bonds. The number of piperazine rings is 1. The maximum atomic E-state index is 12.8. The van der Waals surface area contributed by atoms with Crippen molar-refractivity contribution in [3.63, 3.8) is 0 Å².